The lowest BCUT2D eigenvalue weighted by molar-refractivity contribution is 0.0946. The van der Waals surface area contributed by atoms with Crippen molar-refractivity contribution >= 4 is 34.2 Å². The summed E-state index contributed by atoms with van der Waals surface area (Å²) in [4.78, 5) is 20.5. The summed E-state index contributed by atoms with van der Waals surface area (Å²) in [5, 5.41) is 4.73. The zero-order chi connectivity index (χ0) is 24.5. The first-order valence-corrected chi connectivity index (χ1v) is 12.3. The van der Waals surface area contributed by atoms with Crippen LogP contribution in [0.4, 0.5) is 5.82 Å². The first-order chi connectivity index (χ1) is 17.0. The Bertz CT molecular complexity index is 1440. The van der Waals surface area contributed by atoms with Gasteiger partial charge in [-0.15, -0.1) is 6.58 Å². The van der Waals surface area contributed by atoms with Gasteiger partial charge in [0.1, 0.15) is 5.69 Å². The van der Waals surface area contributed by atoms with Crippen molar-refractivity contribution < 1.29 is 4.79 Å². The summed E-state index contributed by atoms with van der Waals surface area (Å²) in [5.74, 6) is 0.655. The number of benzene rings is 2. The standard InChI is InChI=1S/C29H29ClN4O/c1-4-13-34-20(3)19(2)25-16-26(29(35)31-17-21-8-7-11-24(30)15-21)32-28(27(25)34)33-14-12-22-9-5-6-10-23(22)18-33/h4-11,15-16H,1,12-14,17-18H2,2-3H3,(H,31,35). The van der Waals surface area contributed by atoms with E-state index >= 15 is 0 Å². The highest BCUT2D eigenvalue weighted by Crippen LogP contribution is 2.35. The first-order valence-electron chi connectivity index (χ1n) is 11.9. The molecular weight excluding hydrogens is 456 g/mol. The topological polar surface area (TPSA) is 50.2 Å². The normalized spacial score (nSPS) is 13.1. The molecule has 1 aliphatic rings. The third kappa shape index (κ3) is 4.44. The van der Waals surface area contributed by atoms with Crippen LogP contribution in [0.25, 0.3) is 10.9 Å². The molecule has 3 heterocycles. The molecule has 0 saturated carbocycles. The second kappa shape index (κ2) is 9.59. The summed E-state index contributed by atoms with van der Waals surface area (Å²) in [6.07, 6.45) is 2.86. The minimum absolute atomic E-state index is 0.195. The molecule has 0 radical (unpaired) electrons. The molecule has 0 atom stereocenters. The van der Waals surface area contributed by atoms with Crippen LogP contribution in [0, 0.1) is 13.8 Å². The molecule has 35 heavy (non-hydrogen) atoms. The maximum absolute atomic E-state index is 13.3. The maximum Gasteiger partial charge on any atom is 0.270 e. The molecule has 5 rings (SSSR count). The van der Waals surface area contributed by atoms with Crippen molar-refractivity contribution in [2.24, 2.45) is 0 Å². The Morgan fingerprint density at radius 3 is 2.71 bits per heavy atom. The molecule has 4 aromatic rings. The van der Waals surface area contributed by atoms with Gasteiger partial charge in [0.15, 0.2) is 5.82 Å². The van der Waals surface area contributed by atoms with Gasteiger partial charge in [-0.25, -0.2) is 4.98 Å². The number of hydrogen-bond acceptors (Lipinski definition) is 3. The van der Waals surface area contributed by atoms with Gasteiger partial charge in [-0.3, -0.25) is 4.79 Å². The smallest absolute Gasteiger partial charge is 0.270 e. The van der Waals surface area contributed by atoms with E-state index in [1.165, 1.54) is 11.1 Å². The molecule has 0 spiro atoms. The number of allylic oxidation sites excluding steroid dienone is 1. The van der Waals surface area contributed by atoms with Crippen LogP contribution in [-0.4, -0.2) is 22.0 Å². The van der Waals surface area contributed by atoms with E-state index < -0.39 is 0 Å². The van der Waals surface area contributed by atoms with Crippen LogP contribution < -0.4 is 10.2 Å². The van der Waals surface area contributed by atoms with E-state index in [0.29, 0.717) is 23.8 Å². The summed E-state index contributed by atoms with van der Waals surface area (Å²) in [6, 6.07) is 18.0. The number of fused-ring (bicyclic) bond motifs is 2. The van der Waals surface area contributed by atoms with Gasteiger partial charge in [0.2, 0.25) is 0 Å². The van der Waals surface area contributed by atoms with Crippen LogP contribution in [0.5, 0.6) is 0 Å². The lowest BCUT2D eigenvalue weighted by atomic mass is 10.00. The van der Waals surface area contributed by atoms with Crippen LogP contribution in [0.3, 0.4) is 0 Å². The Labute approximate surface area is 211 Å². The molecule has 1 amide bonds. The molecular formula is C29H29ClN4O. The van der Waals surface area contributed by atoms with E-state index in [-0.39, 0.29) is 5.91 Å². The lowest BCUT2D eigenvalue weighted by Crippen LogP contribution is -2.32. The Kier molecular flexibility index (Phi) is 6.35. The third-order valence-corrected chi connectivity index (χ3v) is 7.15. The van der Waals surface area contributed by atoms with Gasteiger partial charge in [-0.1, -0.05) is 54.1 Å². The van der Waals surface area contributed by atoms with Crippen LogP contribution in [0.1, 0.15) is 38.4 Å². The van der Waals surface area contributed by atoms with Crippen LogP contribution >= 0.6 is 11.6 Å². The largest absolute Gasteiger partial charge is 0.350 e. The molecule has 2 aromatic heterocycles. The van der Waals surface area contributed by atoms with Crippen molar-refractivity contribution in [1.82, 2.24) is 14.9 Å². The van der Waals surface area contributed by atoms with E-state index in [1.54, 1.807) is 0 Å². The number of nitrogens with one attached hydrogen (secondary N) is 1. The molecule has 0 aliphatic carbocycles. The molecule has 1 aliphatic heterocycles. The lowest BCUT2D eigenvalue weighted by Gasteiger charge is -2.31. The molecule has 0 bridgehead atoms. The number of aromatic nitrogens is 2. The molecule has 5 nitrogen and oxygen atoms in total. The van der Waals surface area contributed by atoms with Crippen molar-refractivity contribution in [2.75, 3.05) is 11.4 Å². The number of nitrogens with zero attached hydrogens (tertiary/aromatic N) is 3. The van der Waals surface area contributed by atoms with Gasteiger partial charge in [0.25, 0.3) is 5.91 Å². The minimum atomic E-state index is -0.195. The molecule has 1 N–H and O–H groups in total. The summed E-state index contributed by atoms with van der Waals surface area (Å²) in [7, 11) is 0. The molecule has 178 valence electrons. The second-order valence-electron chi connectivity index (χ2n) is 9.09. The zero-order valence-electron chi connectivity index (χ0n) is 20.1. The fourth-order valence-electron chi connectivity index (χ4n) is 4.93. The van der Waals surface area contributed by atoms with Crippen molar-refractivity contribution in [3.63, 3.8) is 0 Å². The minimum Gasteiger partial charge on any atom is -0.350 e. The number of hydrogen-bond donors (Lipinski definition) is 1. The van der Waals surface area contributed by atoms with Crippen molar-refractivity contribution in [3.05, 3.63) is 106 Å². The highest BCUT2D eigenvalue weighted by Gasteiger charge is 2.25. The van der Waals surface area contributed by atoms with E-state index in [2.05, 4.69) is 59.5 Å². The fourth-order valence-corrected chi connectivity index (χ4v) is 5.15. The maximum atomic E-state index is 13.3. The van der Waals surface area contributed by atoms with Crippen molar-refractivity contribution in [2.45, 2.75) is 39.9 Å². The summed E-state index contributed by atoms with van der Waals surface area (Å²) >= 11 is 6.11. The van der Waals surface area contributed by atoms with Gasteiger partial charge >= 0.3 is 0 Å². The van der Waals surface area contributed by atoms with Gasteiger partial charge in [0, 0.05) is 42.3 Å². The number of aryl methyl sites for hydroxylation is 1. The number of amides is 1. The van der Waals surface area contributed by atoms with Gasteiger partial charge in [0.05, 0.1) is 5.52 Å². The van der Waals surface area contributed by atoms with Crippen molar-refractivity contribution in [3.8, 4) is 0 Å². The highest BCUT2D eigenvalue weighted by molar-refractivity contribution is 6.30. The molecule has 6 heteroatoms. The van der Waals surface area contributed by atoms with E-state index in [4.69, 9.17) is 16.6 Å². The molecule has 2 aromatic carbocycles. The number of carbonyl (C=O) groups is 1. The van der Waals surface area contributed by atoms with Gasteiger partial charge in [-0.05, 0) is 60.7 Å². The Morgan fingerprint density at radius 1 is 1.14 bits per heavy atom. The van der Waals surface area contributed by atoms with Gasteiger partial charge < -0.3 is 14.8 Å². The predicted octanol–water partition coefficient (Wildman–Crippen LogP) is 5.99. The Hall–Kier alpha value is -3.57. The van der Waals surface area contributed by atoms with Crippen LogP contribution in [0.2, 0.25) is 5.02 Å². The number of anilines is 1. The monoisotopic (exact) mass is 484 g/mol. The van der Waals surface area contributed by atoms with Crippen molar-refractivity contribution in [1.29, 1.82) is 0 Å². The zero-order valence-corrected chi connectivity index (χ0v) is 20.9. The molecule has 0 saturated heterocycles. The van der Waals surface area contributed by atoms with Crippen LogP contribution in [-0.2, 0) is 26.1 Å². The van der Waals surface area contributed by atoms with Crippen LogP contribution in [0.15, 0.2) is 67.3 Å². The average molecular weight is 485 g/mol. The fraction of sp³-hybridized carbons (Fsp3) is 0.241. The Balaban J connectivity index is 1.56. The number of pyridine rings is 1. The summed E-state index contributed by atoms with van der Waals surface area (Å²) in [6.45, 7) is 10.9. The summed E-state index contributed by atoms with van der Waals surface area (Å²) < 4.78 is 2.26. The predicted molar refractivity (Wildman–Crippen MR) is 143 cm³/mol. The van der Waals surface area contributed by atoms with E-state index in [9.17, 15) is 4.79 Å². The third-order valence-electron chi connectivity index (χ3n) is 6.91. The highest BCUT2D eigenvalue weighted by atomic mass is 35.5. The SMILES string of the molecule is C=CCn1c(C)c(C)c2cc(C(=O)NCc3cccc(Cl)c3)nc(N3CCc4ccccc4C3)c21. The van der Waals surface area contributed by atoms with E-state index in [1.807, 2.05) is 36.4 Å². The molecule has 0 unspecified atom stereocenters. The quantitative estimate of drug-likeness (QED) is 0.342. The Morgan fingerprint density at radius 2 is 1.94 bits per heavy atom. The van der Waals surface area contributed by atoms with E-state index in [0.717, 1.165) is 53.1 Å². The van der Waals surface area contributed by atoms with Gasteiger partial charge in [-0.2, -0.15) is 0 Å². The average Bonchev–Trinajstić information content (AvgIpc) is 3.11. The summed E-state index contributed by atoms with van der Waals surface area (Å²) in [5.41, 5.74) is 7.44. The first kappa shape index (κ1) is 23.2. The number of carbonyl (C=O) groups excluding carboxylic acids is 1. The second-order valence-corrected chi connectivity index (χ2v) is 9.53. The number of halogens is 1. The number of rotatable bonds is 6. The molecule has 0 fully saturated rings.